The predicted octanol–water partition coefficient (Wildman–Crippen LogP) is 2.31. The third-order valence-electron chi connectivity index (χ3n) is 8.03. The first-order valence-electron chi connectivity index (χ1n) is 12.6. The monoisotopic (exact) mass is 500 g/mol. The van der Waals surface area contributed by atoms with Crippen molar-refractivity contribution in [3.05, 3.63) is 36.9 Å². The summed E-state index contributed by atoms with van der Waals surface area (Å²) in [6.07, 6.45) is 3.05. The lowest BCUT2D eigenvalue weighted by Crippen LogP contribution is -2.59. The van der Waals surface area contributed by atoms with Gasteiger partial charge in [0.2, 0.25) is 5.91 Å². The average Bonchev–Trinajstić information content (AvgIpc) is 3.44. The summed E-state index contributed by atoms with van der Waals surface area (Å²) >= 11 is 0. The molecule has 0 aliphatic carbocycles. The minimum Gasteiger partial charge on any atom is -0.497 e. The lowest BCUT2D eigenvalue weighted by molar-refractivity contribution is -0.160. The van der Waals surface area contributed by atoms with E-state index in [9.17, 15) is 19.5 Å². The minimum atomic E-state index is -1.19. The van der Waals surface area contributed by atoms with Crippen LogP contribution in [0.3, 0.4) is 0 Å². The number of hydrogen-bond donors (Lipinski definition) is 1. The van der Waals surface area contributed by atoms with Crippen molar-refractivity contribution in [3.8, 4) is 5.75 Å². The van der Waals surface area contributed by atoms with E-state index < -0.39 is 41.1 Å². The molecule has 196 valence electrons. The second-order valence-electron chi connectivity index (χ2n) is 9.91. The summed E-state index contributed by atoms with van der Waals surface area (Å²) in [5, 5.41) is 10.2. The summed E-state index contributed by atoms with van der Waals surface area (Å²) in [6.45, 7) is 9.31. The van der Waals surface area contributed by atoms with Gasteiger partial charge in [-0.1, -0.05) is 13.0 Å². The number of carbonyl (C=O) groups excluding carboxylic acids is 3. The van der Waals surface area contributed by atoms with E-state index in [1.165, 1.54) is 4.90 Å². The lowest BCUT2D eigenvalue weighted by atomic mass is 9.66. The van der Waals surface area contributed by atoms with Crippen LogP contribution in [0.15, 0.2) is 36.9 Å². The van der Waals surface area contributed by atoms with Gasteiger partial charge in [-0.15, -0.1) is 6.58 Å². The van der Waals surface area contributed by atoms with Crippen LogP contribution >= 0.6 is 0 Å². The van der Waals surface area contributed by atoms with E-state index in [1.807, 2.05) is 13.8 Å². The Morgan fingerprint density at radius 1 is 1.31 bits per heavy atom. The number of ether oxygens (including phenoxy) is 3. The summed E-state index contributed by atoms with van der Waals surface area (Å²) in [5.74, 6) is -2.19. The Hall–Kier alpha value is -2.91. The number of anilines is 1. The quantitative estimate of drug-likeness (QED) is 0.388. The van der Waals surface area contributed by atoms with Gasteiger partial charge in [-0.05, 0) is 57.4 Å². The zero-order chi connectivity index (χ0) is 26.3. The molecule has 2 bridgehead atoms. The highest BCUT2D eigenvalue weighted by Gasteiger charge is 2.79. The van der Waals surface area contributed by atoms with Gasteiger partial charge in [0.1, 0.15) is 23.3 Å². The predicted molar refractivity (Wildman–Crippen MR) is 132 cm³/mol. The normalized spacial score (nSPS) is 31.2. The number of likely N-dealkylation sites (tertiary alicyclic amines) is 1. The van der Waals surface area contributed by atoms with Crippen LogP contribution in [0.2, 0.25) is 0 Å². The van der Waals surface area contributed by atoms with Crippen molar-refractivity contribution < 1.29 is 33.7 Å². The van der Waals surface area contributed by atoms with Crippen LogP contribution in [0, 0.1) is 11.8 Å². The molecular formula is C27H36N2O7. The van der Waals surface area contributed by atoms with Gasteiger partial charge in [-0.2, -0.15) is 0 Å². The molecule has 0 saturated carbocycles. The van der Waals surface area contributed by atoms with E-state index >= 15 is 0 Å². The standard InChI is InChI=1S/C27H36N2O7/c1-6-15-28(18-9-11-19(34-5)12-10-18)24(32)22-27-14-13-26(4,36-27)21(25(33)35-8-3)20(27)23(31)29(22)17(7-2)16-30/h6,9-12,17,20-22,30H,1,7-8,13-16H2,2-5H3/t17-,20-,21-,22?,26+,27?/m0/s1. The number of esters is 1. The zero-order valence-corrected chi connectivity index (χ0v) is 21.4. The highest BCUT2D eigenvalue weighted by atomic mass is 16.6. The van der Waals surface area contributed by atoms with Gasteiger partial charge in [0.15, 0.2) is 0 Å². The zero-order valence-electron chi connectivity index (χ0n) is 21.4. The molecule has 36 heavy (non-hydrogen) atoms. The first kappa shape index (κ1) is 26.2. The summed E-state index contributed by atoms with van der Waals surface area (Å²) in [7, 11) is 1.57. The number of fused-ring (bicyclic) bond motifs is 1. The van der Waals surface area contributed by atoms with Gasteiger partial charge >= 0.3 is 5.97 Å². The van der Waals surface area contributed by atoms with Crippen molar-refractivity contribution in [2.45, 2.75) is 63.3 Å². The van der Waals surface area contributed by atoms with E-state index in [-0.39, 0.29) is 31.6 Å². The number of carbonyl (C=O) groups is 3. The molecule has 1 N–H and O–H groups in total. The van der Waals surface area contributed by atoms with Crippen molar-refractivity contribution >= 4 is 23.5 Å². The van der Waals surface area contributed by atoms with Gasteiger partial charge in [-0.25, -0.2) is 0 Å². The summed E-state index contributed by atoms with van der Waals surface area (Å²) in [4.78, 5) is 44.6. The van der Waals surface area contributed by atoms with Gasteiger partial charge in [0.05, 0.1) is 37.9 Å². The Labute approximate surface area is 212 Å². The molecule has 3 saturated heterocycles. The number of aliphatic hydroxyl groups is 1. The molecule has 3 aliphatic rings. The molecule has 9 heteroatoms. The van der Waals surface area contributed by atoms with Crippen molar-refractivity contribution in [1.29, 1.82) is 0 Å². The molecule has 1 spiro atoms. The molecule has 9 nitrogen and oxygen atoms in total. The number of nitrogens with zero attached hydrogens (tertiary/aromatic N) is 2. The maximum absolute atomic E-state index is 14.4. The third kappa shape index (κ3) is 3.80. The van der Waals surface area contributed by atoms with E-state index in [4.69, 9.17) is 14.2 Å². The molecule has 0 radical (unpaired) electrons. The maximum atomic E-state index is 14.4. The number of rotatable bonds is 10. The Morgan fingerprint density at radius 3 is 2.56 bits per heavy atom. The molecule has 3 fully saturated rings. The van der Waals surface area contributed by atoms with Crippen LogP contribution in [0.1, 0.15) is 40.0 Å². The molecule has 3 heterocycles. The second-order valence-corrected chi connectivity index (χ2v) is 9.91. The molecule has 2 amide bonds. The van der Waals surface area contributed by atoms with Crippen molar-refractivity contribution in [3.63, 3.8) is 0 Å². The van der Waals surface area contributed by atoms with Gasteiger partial charge in [-0.3, -0.25) is 14.4 Å². The number of methoxy groups -OCH3 is 1. The smallest absolute Gasteiger partial charge is 0.312 e. The third-order valence-corrected chi connectivity index (χ3v) is 8.03. The van der Waals surface area contributed by atoms with Gasteiger partial charge < -0.3 is 29.1 Å². The van der Waals surface area contributed by atoms with Crippen LogP contribution in [0.5, 0.6) is 5.75 Å². The Balaban J connectivity index is 1.82. The molecule has 0 aromatic heterocycles. The highest BCUT2D eigenvalue weighted by Crippen LogP contribution is 2.63. The average molecular weight is 501 g/mol. The summed E-state index contributed by atoms with van der Waals surface area (Å²) in [5.41, 5.74) is -1.47. The minimum absolute atomic E-state index is 0.185. The summed E-state index contributed by atoms with van der Waals surface area (Å²) < 4.78 is 17.2. The largest absolute Gasteiger partial charge is 0.497 e. The summed E-state index contributed by atoms with van der Waals surface area (Å²) in [6, 6.07) is 5.47. The van der Waals surface area contributed by atoms with Gasteiger partial charge in [0, 0.05) is 12.2 Å². The first-order chi connectivity index (χ1) is 17.2. The fourth-order valence-electron chi connectivity index (χ4n) is 6.40. The fraction of sp³-hybridized carbons (Fsp3) is 0.593. The van der Waals surface area contributed by atoms with Crippen molar-refractivity contribution in [2.75, 3.05) is 31.8 Å². The molecule has 6 atom stereocenters. The van der Waals surface area contributed by atoms with E-state index in [0.29, 0.717) is 30.7 Å². The van der Waals surface area contributed by atoms with Gasteiger partial charge in [0.25, 0.3) is 5.91 Å². The van der Waals surface area contributed by atoms with Crippen LogP contribution in [0.4, 0.5) is 5.69 Å². The molecule has 1 aromatic carbocycles. The number of amides is 2. The topological polar surface area (TPSA) is 106 Å². The molecule has 3 aliphatic heterocycles. The van der Waals surface area contributed by atoms with Crippen molar-refractivity contribution in [1.82, 2.24) is 4.90 Å². The molecule has 2 unspecified atom stereocenters. The van der Waals surface area contributed by atoms with Crippen LogP contribution in [-0.4, -0.2) is 77.9 Å². The maximum Gasteiger partial charge on any atom is 0.312 e. The van der Waals surface area contributed by atoms with E-state index in [1.54, 1.807) is 49.3 Å². The highest BCUT2D eigenvalue weighted by molar-refractivity contribution is 6.05. The number of aliphatic hydroxyl groups excluding tert-OH is 1. The van der Waals surface area contributed by atoms with Crippen molar-refractivity contribution in [2.24, 2.45) is 11.8 Å². The Bertz CT molecular complexity index is 1020. The number of benzene rings is 1. The van der Waals surface area contributed by atoms with E-state index in [2.05, 4.69) is 6.58 Å². The molecule has 1 aromatic rings. The SMILES string of the molecule is C=CCN(C(=O)C1N([C@@H](CC)CO)C(=O)[C@@H]2[C@@H](C(=O)OCC)[C@@]3(C)CCC12O3)c1ccc(OC)cc1. The van der Waals surface area contributed by atoms with E-state index in [0.717, 1.165) is 0 Å². The van der Waals surface area contributed by atoms with Crippen LogP contribution in [-0.2, 0) is 23.9 Å². The van der Waals surface area contributed by atoms with Crippen LogP contribution < -0.4 is 9.64 Å². The Morgan fingerprint density at radius 2 is 2.00 bits per heavy atom. The van der Waals surface area contributed by atoms with Crippen LogP contribution in [0.25, 0.3) is 0 Å². The fourth-order valence-corrected chi connectivity index (χ4v) is 6.40. The number of hydrogen-bond acceptors (Lipinski definition) is 7. The lowest BCUT2D eigenvalue weighted by Gasteiger charge is -2.39. The molecule has 4 rings (SSSR count). The second kappa shape index (κ2) is 9.86. The molecular weight excluding hydrogens is 464 g/mol. The first-order valence-corrected chi connectivity index (χ1v) is 12.6. The Kier molecular flexibility index (Phi) is 7.16.